The highest BCUT2D eigenvalue weighted by atomic mass is 16.5. The number of rotatable bonds is 9. The Morgan fingerprint density at radius 2 is 1.24 bits per heavy atom. The molecule has 9 nitrogen and oxygen atoms in total. The average Bonchev–Trinajstić information content (AvgIpc) is 3.16. The van der Waals surface area contributed by atoms with Crippen LogP contribution < -0.4 is 14.8 Å². The maximum Gasteiger partial charge on any atom is 0.341 e. The van der Waals surface area contributed by atoms with Crippen LogP contribution in [0.15, 0.2) is 84.9 Å². The molecular formula is C32H32N2O7. The Morgan fingerprint density at radius 3 is 1.73 bits per heavy atom. The first-order valence-electron chi connectivity index (χ1n) is 13.2. The number of nitrogens with zero attached hydrogens (tertiary/aromatic N) is 2. The van der Waals surface area contributed by atoms with E-state index in [1.165, 1.54) is 29.1 Å². The Bertz CT molecular complexity index is 1400. The summed E-state index contributed by atoms with van der Waals surface area (Å²) in [6.07, 6.45) is -0.264. The highest BCUT2D eigenvalue weighted by molar-refractivity contribution is 6.26. The lowest BCUT2D eigenvalue weighted by Gasteiger charge is -2.27. The van der Waals surface area contributed by atoms with Gasteiger partial charge in [0.25, 0.3) is 11.8 Å². The van der Waals surface area contributed by atoms with Crippen molar-refractivity contribution < 1.29 is 33.4 Å². The monoisotopic (exact) mass is 556 g/mol. The summed E-state index contributed by atoms with van der Waals surface area (Å²) in [4.78, 5) is 66.4. The van der Waals surface area contributed by atoms with Crippen molar-refractivity contribution in [1.82, 2.24) is 0 Å². The molecule has 41 heavy (non-hydrogen) atoms. The molecule has 3 aromatic rings. The van der Waals surface area contributed by atoms with Crippen molar-refractivity contribution in [3.05, 3.63) is 90.5 Å². The Morgan fingerprint density at radius 1 is 0.756 bits per heavy atom. The zero-order valence-electron chi connectivity index (χ0n) is 23.5. The van der Waals surface area contributed by atoms with Crippen LogP contribution in [-0.2, 0) is 23.9 Å². The van der Waals surface area contributed by atoms with Crippen LogP contribution in [-0.4, -0.2) is 36.1 Å². The predicted molar refractivity (Wildman–Crippen MR) is 152 cm³/mol. The molecule has 9 heteroatoms. The minimum atomic E-state index is -1.89. The molecule has 0 saturated carbocycles. The summed E-state index contributed by atoms with van der Waals surface area (Å²) in [5.41, 5.74) is -1.76. The average molecular weight is 557 g/mol. The SMILES string of the molecule is CC(=O)Oc1ccccc1C(=O)OCC1(CCC(=O)C(C)(C)C)C(=O)N(c2ccccc2)N(c2ccccc2)C1=O. The van der Waals surface area contributed by atoms with Gasteiger partial charge in [0.15, 0.2) is 5.41 Å². The molecule has 3 aromatic carbocycles. The number of anilines is 2. The van der Waals surface area contributed by atoms with Gasteiger partial charge in [0, 0.05) is 18.8 Å². The lowest BCUT2D eigenvalue weighted by Crippen LogP contribution is -2.42. The topological polar surface area (TPSA) is 110 Å². The smallest absolute Gasteiger partial charge is 0.341 e. The lowest BCUT2D eigenvalue weighted by molar-refractivity contribution is -0.139. The summed E-state index contributed by atoms with van der Waals surface area (Å²) in [5.74, 6) is -2.91. The van der Waals surface area contributed by atoms with E-state index in [1.54, 1.807) is 93.6 Å². The first-order chi connectivity index (χ1) is 19.5. The predicted octanol–water partition coefficient (Wildman–Crippen LogP) is 5.15. The molecule has 0 radical (unpaired) electrons. The third-order valence-corrected chi connectivity index (χ3v) is 6.83. The van der Waals surface area contributed by atoms with Crippen molar-refractivity contribution in [2.45, 2.75) is 40.5 Å². The number of para-hydroxylation sites is 3. The van der Waals surface area contributed by atoms with Gasteiger partial charge in [0.2, 0.25) is 0 Å². The van der Waals surface area contributed by atoms with Gasteiger partial charge in [0.05, 0.1) is 11.4 Å². The van der Waals surface area contributed by atoms with Crippen molar-refractivity contribution in [3.63, 3.8) is 0 Å². The second-order valence-electron chi connectivity index (χ2n) is 10.8. The number of carbonyl (C=O) groups is 5. The van der Waals surface area contributed by atoms with Gasteiger partial charge < -0.3 is 9.47 Å². The van der Waals surface area contributed by atoms with E-state index in [0.717, 1.165) is 0 Å². The van der Waals surface area contributed by atoms with E-state index >= 15 is 0 Å². The summed E-state index contributed by atoms with van der Waals surface area (Å²) < 4.78 is 10.8. The molecule has 1 fully saturated rings. The number of carbonyl (C=O) groups excluding carboxylic acids is 5. The van der Waals surface area contributed by atoms with Crippen molar-refractivity contribution in [1.29, 1.82) is 0 Å². The van der Waals surface area contributed by atoms with E-state index in [2.05, 4.69) is 0 Å². The maximum absolute atomic E-state index is 14.3. The highest BCUT2D eigenvalue weighted by Gasteiger charge is 2.60. The third-order valence-electron chi connectivity index (χ3n) is 6.83. The van der Waals surface area contributed by atoms with E-state index in [0.29, 0.717) is 11.4 Å². The fourth-order valence-corrected chi connectivity index (χ4v) is 4.54. The second-order valence-corrected chi connectivity index (χ2v) is 10.8. The zero-order valence-corrected chi connectivity index (χ0v) is 23.5. The number of hydrogen-bond donors (Lipinski definition) is 0. The molecule has 1 aliphatic rings. The van der Waals surface area contributed by atoms with E-state index < -0.39 is 41.2 Å². The van der Waals surface area contributed by atoms with Crippen molar-refractivity contribution in [2.75, 3.05) is 16.6 Å². The number of Topliss-reactive ketones (excluding diaryl/α,β-unsaturated/α-hetero) is 1. The molecule has 0 aliphatic carbocycles. The summed E-state index contributed by atoms with van der Waals surface area (Å²) in [5, 5.41) is 2.53. The maximum atomic E-state index is 14.3. The summed E-state index contributed by atoms with van der Waals surface area (Å²) in [6.45, 7) is 5.87. The Balaban J connectivity index is 1.76. The van der Waals surface area contributed by atoms with Gasteiger partial charge in [-0.05, 0) is 42.8 Å². The number of amides is 2. The second kappa shape index (κ2) is 11.8. The van der Waals surface area contributed by atoms with Gasteiger partial charge in [-0.2, -0.15) is 0 Å². The number of esters is 2. The van der Waals surface area contributed by atoms with Gasteiger partial charge in [-0.3, -0.25) is 19.2 Å². The van der Waals surface area contributed by atoms with Crippen LogP contribution in [0.5, 0.6) is 5.75 Å². The Labute approximate surface area is 238 Å². The van der Waals surface area contributed by atoms with E-state index in [4.69, 9.17) is 9.47 Å². The molecule has 0 unspecified atom stereocenters. The van der Waals surface area contributed by atoms with E-state index in [1.807, 2.05) is 0 Å². The molecule has 0 N–H and O–H groups in total. The van der Waals surface area contributed by atoms with Gasteiger partial charge in [-0.25, -0.2) is 14.8 Å². The summed E-state index contributed by atoms with van der Waals surface area (Å²) in [7, 11) is 0. The molecule has 4 rings (SSSR count). The third kappa shape index (κ3) is 6.04. The number of hydrogen-bond acceptors (Lipinski definition) is 7. The number of hydrazine groups is 1. The molecule has 0 aromatic heterocycles. The van der Waals surface area contributed by atoms with Gasteiger partial charge in [0.1, 0.15) is 23.7 Å². The molecule has 1 aliphatic heterocycles. The van der Waals surface area contributed by atoms with Crippen molar-refractivity contribution >= 4 is 40.9 Å². The van der Waals surface area contributed by atoms with Crippen LogP contribution in [0, 0.1) is 10.8 Å². The molecule has 0 bridgehead atoms. The van der Waals surface area contributed by atoms with Gasteiger partial charge in [-0.15, -0.1) is 0 Å². The Hall–Kier alpha value is -4.79. The number of benzene rings is 3. The highest BCUT2D eigenvalue weighted by Crippen LogP contribution is 2.42. The summed E-state index contributed by atoms with van der Waals surface area (Å²) in [6, 6.07) is 23.3. The fraction of sp³-hybridized carbons (Fsp3) is 0.281. The first kappa shape index (κ1) is 29.2. The number of ether oxygens (including phenoxy) is 2. The molecule has 0 atom stereocenters. The molecule has 212 valence electrons. The van der Waals surface area contributed by atoms with Gasteiger partial charge in [-0.1, -0.05) is 69.3 Å². The molecule has 1 heterocycles. The van der Waals surface area contributed by atoms with E-state index in [9.17, 15) is 24.0 Å². The fourth-order valence-electron chi connectivity index (χ4n) is 4.54. The minimum absolute atomic E-state index is 0.0112. The van der Waals surface area contributed by atoms with Gasteiger partial charge >= 0.3 is 11.9 Å². The van der Waals surface area contributed by atoms with Crippen LogP contribution in [0.1, 0.15) is 50.9 Å². The largest absolute Gasteiger partial charge is 0.460 e. The van der Waals surface area contributed by atoms with Crippen LogP contribution in [0.2, 0.25) is 0 Å². The van der Waals surface area contributed by atoms with Crippen LogP contribution in [0.4, 0.5) is 11.4 Å². The zero-order chi connectivity index (χ0) is 29.8. The summed E-state index contributed by atoms with van der Waals surface area (Å²) >= 11 is 0. The molecule has 1 saturated heterocycles. The number of ketones is 1. The first-order valence-corrected chi connectivity index (χ1v) is 13.2. The van der Waals surface area contributed by atoms with E-state index in [-0.39, 0.29) is 29.9 Å². The molecule has 0 spiro atoms. The minimum Gasteiger partial charge on any atom is -0.460 e. The lowest BCUT2D eigenvalue weighted by atomic mass is 9.78. The molecule has 2 amide bonds. The van der Waals surface area contributed by atoms with Crippen LogP contribution in [0.25, 0.3) is 0 Å². The Kier molecular flexibility index (Phi) is 8.37. The normalized spacial score (nSPS) is 14.6. The van der Waals surface area contributed by atoms with Crippen LogP contribution >= 0.6 is 0 Å². The molecular weight excluding hydrogens is 524 g/mol. The standard InChI is InChI=1S/C32H32N2O7/c1-22(35)41-26-18-12-11-17-25(26)28(37)40-21-32(20-19-27(36)31(2,3)4)29(38)33(23-13-7-5-8-14-23)34(30(32)39)24-15-9-6-10-16-24/h5-18H,19-21H2,1-4H3. The van der Waals surface area contributed by atoms with Crippen molar-refractivity contribution in [2.24, 2.45) is 10.8 Å². The van der Waals surface area contributed by atoms with Crippen LogP contribution in [0.3, 0.4) is 0 Å². The van der Waals surface area contributed by atoms with Crippen molar-refractivity contribution in [3.8, 4) is 5.75 Å². The quantitative estimate of drug-likeness (QED) is 0.204.